The Balaban J connectivity index is 3.90. The van der Waals surface area contributed by atoms with Gasteiger partial charge in [0.25, 0.3) is 0 Å². The van der Waals surface area contributed by atoms with Crippen molar-refractivity contribution >= 4 is 17.8 Å². The maximum Gasteiger partial charge on any atom is 0.305 e. The number of hydrogen-bond acceptors (Lipinski definition) is 3. The number of carboxylic acid groups (broad SMARTS) is 1. The molecule has 0 spiro atoms. The molecule has 0 aromatic rings. The second kappa shape index (κ2) is 10.2. The van der Waals surface area contributed by atoms with Gasteiger partial charge in [0, 0.05) is 32.5 Å². The molecule has 0 aromatic carbocycles. The van der Waals surface area contributed by atoms with Crippen molar-refractivity contribution in [3.63, 3.8) is 0 Å². The molecule has 20 heavy (non-hydrogen) atoms. The SMILES string of the molecule is CC(=O)NCCCCCC(=O)N(CCC(=O)O)C(C)C. The van der Waals surface area contributed by atoms with Crippen LogP contribution in [0.5, 0.6) is 0 Å². The number of carbonyl (C=O) groups excluding carboxylic acids is 2. The first-order valence-electron chi connectivity index (χ1n) is 7.10. The van der Waals surface area contributed by atoms with E-state index in [4.69, 9.17) is 5.11 Å². The Kier molecular flexibility index (Phi) is 9.41. The summed E-state index contributed by atoms with van der Waals surface area (Å²) in [6.07, 6.45) is 2.89. The molecule has 0 aliphatic rings. The van der Waals surface area contributed by atoms with Gasteiger partial charge in [0.1, 0.15) is 0 Å². The predicted molar refractivity (Wildman–Crippen MR) is 76.3 cm³/mol. The third kappa shape index (κ3) is 9.35. The van der Waals surface area contributed by atoms with Crippen LogP contribution in [0.1, 0.15) is 52.9 Å². The molecule has 0 bridgehead atoms. The van der Waals surface area contributed by atoms with E-state index in [0.717, 1.165) is 19.3 Å². The lowest BCUT2D eigenvalue weighted by atomic mass is 10.1. The van der Waals surface area contributed by atoms with Gasteiger partial charge in [-0.15, -0.1) is 0 Å². The van der Waals surface area contributed by atoms with E-state index >= 15 is 0 Å². The van der Waals surface area contributed by atoms with Gasteiger partial charge in [-0.1, -0.05) is 6.42 Å². The van der Waals surface area contributed by atoms with Gasteiger partial charge >= 0.3 is 5.97 Å². The summed E-state index contributed by atoms with van der Waals surface area (Å²) in [5.74, 6) is -0.930. The molecule has 6 heteroatoms. The van der Waals surface area contributed by atoms with Crippen LogP contribution in [0.25, 0.3) is 0 Å². The minimum atomic E-state index is -0.890. The Morgan fingerprint density at radius 3 is 2.25 bits per heavy atom. The van der Waals surface area contributed by atoms with Gasteiger partial charge < -0.3 is 15.3 Å². The smallest absolute Gasteiger partial charge is 0.305 e. The van der Waals surface area contributed by atoms with Crippen molar-refractivity contribution in [3.8, 4) is 0 Å². The lowest BCUT2D eigenvalue weighted by Crippen LogP contribution is -2.38. The Labute approximate surface area is 120 Å². The molecule has 0 saturated heterocycles. The highest BCUT2D eigenvalue weighted by atomic mass is 16.4. The third-order valence-corrected chi connectivity index (χ3v) is 2.95. The monoisotopic (exact) mass is 286 g/mol. The van der Waals surface area contributed by atoms with E-state index in [0.29, 0.717) is 13.0 Å². The number of carbonyl (C=O) groups is 3. The third-order valence-electron chi connectivity index (χ3n) is 2.95. The number of amides is 2. The van der Waals surface area contributed by atoms with E-state index in [1.807, 2.05) is 13.8 Å². The Morgan fingerprint density at radius 2 is 1.75 bits per heavy atom. The fourth-order valence-electron chi connectivity index (χ4n) is 1.87. The largest absolute Gasteiger partial charge is 0.481 e. The van der Waals surface area contributed by atoms with E-state index in [-0.39, 0.29) is 30.8 Å². The van der Waals surface area contributed by atoms with Crippen LogP contribution in [0.2, 0.25) is 0 Å². The van der Waals surface area contributed by atoms with Gasteiger partial charge in [-0.25, -0.2) is 0 Å². The quantitative estimate of drug-likeness (QED) is 0.594. The molecule has 0 unspecified atom stereocenters. The summed E-state index contributed by atoms with van der Waals surface area (Å²) in [5.41, 5.74) is 0. The van der Waals surface area contributed by atoms with Crippen LogP contribution >= 0.6 is 0 Å². The van der Waals surface area contributed by atoms with Crippen molar-refractivity contribution in [2.45, 2.75) is 58.9 Å². The Bertz CT molecular complexity index is 329. The Hall–Kier alpha value is -1.59. The summed E-state index contributed by atoms with van der Waals surface area (Å²) in [6.45, 7) is 6.15. The number of carboxylic acids is 1. The fraction of sp³-hybridized carbons (Fsp3) is 0.786. The van der Waals surface area contributed by atoms with Crippen LogP contribution in [-0.4, -0.2) is 46.9 Å². The molecule has 2 amide bonds. The highest BCUT2D eigenvalue weighted by Crippen LogP contribution is 2.07. The molecule has 116 valence electrons. The van der Waals surface area contributed by atoms with E-state index in [2.05, 4.69) is 5.32 Å². The lowest BCUT2D eigenvalue weighted by molar-refractivity contribution is -0.139. The van der Waals surface area contributed by atoms with Crippen LogP contribution < -0.4 is 5.32 Å². The van der Waals surface area contributed by atoms with Crippen LogP contribution in [-0.2, 0) is 14.4 Å². The average Bonchev–Trinajstić information content (AvgIpc) is 2.32. The van der Waals surface area contributed by atoms with E-state index in [1.165, 1.54) is 6.92 Å². The van der Waals surface area contributed by atoms with E-state index in [9.17, 15) is 14.4 Å². The molecule has 0 aliphatic heterocycles. The van der Waals surface area contributed by atoms with Crippen molar-refractivity contribution in [1.29, 1.82) is 0 Å². The number of unbranched alkanes of at least 4 members (excludes halogenated alkanes) is 2. The average molecular weight is 286 g/mol. The molecule has 0 radical (unpaired) electrons. The zero-order valence-electron chi connectivity index (χ0n) is 12.6. The normalized spacial score (nSPS) is 10.4. The summed E-state index contributed by atoms with van der Waals surface area (Å²) >= 11 is 0. The van der Waals surface area contributed by atoms with Crippen molar-refractivity contribution in [2.24, 2.45) is 0 Å². The van der Waals surface area contributed by atoms with Gasteiger partial charge in [-0.2, -0.15) is 0 Å². The molecule has 0 aromatic heterocycles. The summed E-state index contributed by atoms with van der Waals surface area (Å²) in [4.78, 5) is 34.8. The number of nitrogens with zero attached hydrogens (tertiary/aromatic N) is 1. The number of hydrogen-bond donors (Lipinski definition) is 2. The summed E-state index contributed by atoms with van der Waals surface area (Å²) in [5, 5.41) is 11.4. The van der Waals surface area contributed by atoms with Crippen LogP contribution in [0, 0.1) is 0 Å². The molecule has 0 heterocycles. The highest BCUT2D eigenvalue weighted by molar-refractivity contribution is 5.77. The number of nitrogens with one attached hydrogen (secondary N) is 1. The zero-order valence-corrected chi connectivity index (χ0v) is 12.6. The van der Waals surface area contributed by atoms with Crippen molar-refractivity contribution in [1.82, 2.24) is 10.2 Å². The molecule has 0 rings (SSSR count). The second-order valence-electron chi connectivity index (χ2n) is 5.12. The second-order valence-corrected chi connectivity index (χ2v) is 5.12. The topological polar surface area (TPSA) is 86.7 Å². The maximum atomic E-state index is 12.0. The Morgan fingerprint density at radius 1 is 1.10 bits per heavy atom. The van der Waals surface area contributed by atoms with Gasteiger partial charge in [-0.05, 0) is 26.7 Å². The first-order valence-corrected chi connectivity index (χ1v) is 7.10. The molecule has 0 atom stereocenters. The van der Waals surface area contributed by atoms with Gasteiger partial charge in [0.15, 0.2) is 0 Å². The summed E-state index contributed by atoms with van der Waals surface area (Å²) in [6, 6.07) is 0.0150. The minimum Gasteiger partial charge on any atom is -0.481 e. The van der Waals surface area contributed by atoms with Crippen molar-refractivity contribution in [3.05, 3.63) is 0 Å². The highest BCUT2D eigenvalue weighted by Gasteiger charge is 2.17. The minimum absolute atomic E-state index is 0.000720. The standard InChI is InChI=1S/C14H26N2O4/c1-11(2)16(10-8-14(19)20)13(18)7-5-4-6-9-15-12(3)17/h11H,4-10H2,1-3H3,(H,15,17)(H,19,20). The maximum absolute atomic E-state index is 12.0. The van der Waals surface area contributed by atoms with Gasteiger partial charge in [0.05, 0.1) is 6.42 Å². The van der Waals surface area contributed by atoms with Gasteiger partial charge in [0.2, 0.25) is 11.8 Å². The predicted octanol–water partition coefficient (Wildman–Crippen LogP) is 1.39. The molecular weight excluding hydrogens is 260 g/mol. The number of aliphatic carboxylic acids is 1. The molecule has 0 saturated carbocycles. The molecule has 0 aliphatic carbocycles. The molecule has 2 N–H and O–H groups in total. The first-order chi connectivity index (χ1) is 9.34. The number of rotatable bonds is 10. The summed E-state index contributed by atoms with van der Waals surface area (Å²) < 4.78 is 0. The van der Waals surface area contributed by atoms with E-state index < -0.39 is 5.97 Å². The summed E-state index contributed by atoms with van der Waals surface area (Å²) in [7, 11) is 0. The van der Waals surface area contributed by atoms with Crippen molar-refractivity contribution < 1.29 is 19.5 Å². The van der Waals surface area contributed by atoms with Crippen molar-refractivity contribution in [2.75, 3.05) is 13.1 Å². The molecule has 6 nitrogen and oxygen atoms in total. The fourth-order valence-corrected chi connectivity index (χ4v) is 1.87. The van der Waals surface area contributed by atoms with Crippen LogP contribution in [0.15, 0.2) is 0 Å². The lowest BCUT2D eigenvalue weighted by Gasteiger charge is -2.26. The van der Waals surface area contributed by atoms with Crippen LogP contribution in [0.3, 0.4) is 0 Å². The zero-order chi connectivity index (χ0) is 15.5. The first kappa shape index (κ1) is 18.4. The van der Waals surface area contributed by atoms with E-state index in [1.54, 1.807) is 4.90 Å². The molecular formula is C14H26N2O4. The van der Waals surface area contributed by atoms with Gasteiger partial charge in [-0.3, -0.25) is 14.4 Å². The molecule has 0 fully saturated rings. The van der Waals surface area contributed by atoms with Crippen LogP contribution in [0.4, 0.5) is 0 Å².